The number of fused-ring (bicyclic) bond motifs is 1. The summed E-state index contributed by atoms with van der Waals surface area (Å²) >= 11 is 0. The molecule has 6 rings (SSSR count). The number of aromatic amines is 1. The molecule has 0 spiro atoms. The number of aliphatic hydroxyl groups is 1. The number of esters is 1. The summed E-state index contributed by atoms with van der Waals surface area (Å²) in [5, 5.41) is 9.39. The molecule has 2 aliphatic rings. The van der Waals surface area contributed by atoms with Crippen LogP contribution >= 0.6 is 0 Å². The molecule has 2 saturated carbocycles. The molecule has 0 saturated heterocycles. The Labute approximate surface area is 236 Å². The number of aliphatic hydroxyl groups excluding tert-OH is 1. The summed E-state index contributed by atoms with van der Waals surface area (Å²) < 4.78 is 47.3. The number of carbonyl (C=O) groups excluding carboxylic acids is 1. The number of benzene rings is 3. The molecule has 2 fully saturated rings. The maximum Gasteiger partial charge on any atom is 0.308 e. The van der Waals surface area contributed by atoms with E-state index in [1.54, 1.807) is 12.1 Å². The maximum atomic E-state index is 15.6. The van der Waals surface area contributed by atoms with Crippen molar-refractivity contribution in [1.29, 1.82) is 0 Å². The highest BCUT2D eigenvalue weighted by atomic mass is 19.1. The van der Waals surface area contributed by atoms with Crippen molar-refractivity contribution >= 4 is 17.0 Å². The summed E-state index contributed by atoms with van der Waals surface area (Å²) in [6, 6.07) is 16.4. The van der Waals surface area contributed by atoms with E-state index < -0.39 is 11.6 Å². The SMILES string of the molecule is COC(=O)C1CCC(Oc2nc3c(F)c(-c4ccc(-c5ccc(COC6CC(O)C6)cc5)cc4)c(F)cc3[nH]2)CC1. The fourth-order valence-electron chi connectivity index (χ4n) is 5.63. The normalized spacial score (nSPS) is 22.3. The van der Waals surface area contributed by atoms with E-state index in [1.807, 2.05) is 36.4 Å². The molecule has 0 amide bonds. The van der Waals surface area contributed by atoms with Gasteiger partial charge in [-0.1, -0.05) is 48.5 Å². The van der Waals surface area contributed by atoms with Crippen molar-refractivity contribution in [2.75, 3.05) is 7.11 Å². The molecule has 4 aromatic rings. The van der Waals surface area contributed by atoms with Crippen LogP contribution in [0.5, 0.6) is 6.01 Å². The molecule has 0 atom stereocenters. The van der Waals surface area contributed by atoms with Crippen LogP contribution in [-0.2, 0) is 20.9 Å². The molecule has 0 bridgehead atoms. The minimum Gasteiger partial charge on any atom is -0.469 e. The average Bonchev–Trinajstić information content (AvgIpc) is 3.37. The van der Waals surface area contributed by atoms with E-state index in [9.17, 15) is 9.90 Å². The average molecular weight is 563 g/mol. The van der Waals surface area contributed by atoms with Crippen LogP contribution in [0.1, 0.15) is 44.1 Å². The first-order valence-electron chi connectivity index (χ1n) is 14.0. The van der Waals surface area contributed by atoms with E-state index >= 15 is 8.78 Å². The zero-order valence-corrected chi connectivity index (χ0v) is 22.7. The van der Waals surface area contributed by atoms with Crippen LogP contribution in [0.4, 0.5) is 8.78 Å². The Balaban J connectivity index is 1.14. The molecule has 2 N–H and O–H groups in total. The minimum absolute atomic E-state index is 0.0120. The van der Waals surface area contributed by atoms with Gasteiger partial charge in [-0.15, -0.1) is 0 Å². The van der Waals surface area contributed by atoms with Crippen molar-refractivity contribution in [3.63, 3.8) is 0 Å². The van der Waals surface area contributed by atoms with Gasteiger partial charge in [0.2, 0.25) is 0 Å². The van der Waals surface area contributed by atoms with Crippen LogP contribution in [-0.4, -0.2) is 46.5 Å². The molecule has 9 heteroatoms. The zero-order chi connectivity index (χ0) is 28.5. The summed E-state index contributed by atoms with van der Waals surface area (Å²) in [7, 11) is 1.39. The Bertz CT molecular complexity index is 1520. The van der Waals surface area contributed by atoms with E-state index in [0.29, 0.717) is 50.7 Å². The quantitative estimate of drug-likeness (QED) is 0.244. The molecular formula is C32H32F2N2O5. The smallest absolute Gasteiger partial charge is 0.308 e. The number of H-pyrrole nitrogens is 1. The largest absolute Gasteiger partial charge is 0.469 e. The summed E-state index contributed by atoms with van der Waals surface area (Å²) in [5.41, 5.74) is 3.43. The molecule has 0 unspecified atom stereocenters. The lowest BCUT2D eigenvalue weighted by atomic mass is 9.87. The van der Waals surface area contributed by atoms with Crippen molar-refractivity contribution in [2.45, 2.75) is 63.4 Å². The first-order valence-corrected chi connectivity index (χ1v) is 14.0. The highest BCUT2D eigenvalue weighted by molar-refractivity contribution is 5.84. The number of methoxy groups -OCH3 is 1. The topological polar surface area (TPSA) is 93.7 Å². The summed E-state index contributed by atoms with van der Waals surface area (Å²) in [6.45, 7) is 0.494. The number of imidazole rings is 1. The van der Waals surface area contributed by atoms with Crippen LogP contribution in [0, 0.1) is 17.6 Å². The van der Waals surface area contributed by atoms with E-state index in [2.05, 4.69) is 9.97 Å². The third-order valence-electron chi connectivity index (χ3n) is 8.15. The van der Waals surface area contributed by atoms with Gasteiger partial charge in [0.15, 0.2) is 5.82 Å². The van der Waals surface area contributed by atoms with E-state index in [1.165, 1.54) is 13.2 Å². The third-order valence-corrected chi connectivity index (χ3v) is 8.15. The molecule has 214 valence electrons. The summed E-state index contributed by atoms with van der Waals surface area (Å²) in [6.07, 6.45) is 3.67. The van der Waals surface area contributed by atoms with Gasteiger partial charge in [0.1, 0.15) is 17.4 Å². The predicted molar refractivity (Wildman–Crippen MR) is 149 cm³/mol. The fraction of sp³-hybridized carbons (Fsp3) is 0.375. The molecule has 0 aliphatic heterocycles. The van der Waals surface area contributed by atoms with E-state index in [-0.39, 0.29) is 52.8 Å². The maximum absolute atomic E-state index is 15.6. The van der Waals surface area contributed by atoms with Crippen LogP contribution < -0.4 is 4.74 Å². The van der Waals surface area contributed by atoms with Gasteiger partial charge in [-0.3, -0.25) is 4.79 Å². The highest BCUT2D eigenvalue weighted by Gasteiger charge is 2.29. The number of halogens is 2. The van der Waals surface area contributed by atoms with Gasteiger partial charge in [-0.05, 0) is 60.8 Å². The van der Waals surface area contributed by atoms with Crippen molar-refractivity contribution in [3.05, 3.63) is 71.8 Å². The second-order valence-electron chi connectivity index (χ2n) is 10.9. The standard InChI is InChI=1S/C32H32F2N2O5/c1-39-31(38)22-10-12-24(13-11-22)41-32-35-27-16-26(33)28(29(34)30(27)36-32)21-8-6-20(7-9-21)19-4-2-18(3-5-19)17-40-25-14-23(37)15-25/h2-9,16,22-25,37H,10-15,17H2,1H3,(H,35,36). The molecule has 3 aromatic carbocycles. The molecule has 0 radical (unpaired) electrons. The highest BCUT2D eigenvalue weighted by Crippen LogP contribution is 2.34. The molecule has 1 aromatic heterocycles. The van der Waals surface area contributed by atoms with Crippen LogP contribution in [0.25, 0.3) is 33.3 Å². The second kappa shape index (κ2) is 11.6. The molecule has 7 nitrogen and oxygen atoms in total. The Morgan fingerprint density at radius 1 is 0.951 bits per heavy atom. The van der Waals surface area contributed by atoms with Crippen molar-refractivity contribution in [2.24, 2.45) is 5.92 Å². The van der Waals surface area contributed by atoms with Crippen molar-refractivity contribution in [3.8, 4) is 28.3 Å². The van der Waals surface area contributed by atoms with Crippen LogP contribution in [0.15, 0.2) is 54.6 Å². The lowest BCUT2D eigenvalue weighted by Crippen LogP contribution is -2.35. The molecule has 2 aliphatic carbocycles. The third kappa shape index (κ3) is 5.83. The number of nitrogens with zero attached hydrogens (tertiary/aromatic N) is 1. The second-order valence-corrected chi connectivity index (χ2v) is 10.9. The first kappa shape index (κ1) is 27.4. The molecular weight excluding hydrogens is 530 g/mol. The van der Waals surface area contributed by atoms with Gasteiger partial charge in [0.05, 0.1) is 42.9 Å². The first-order chi connectivity index (χ1) is 19.9. The minimum atomic E-state index is -0.753. The molecule has 41 heavy (non-hydrogen) atoms. The zero-order valence-electron chi connectivity index (χ0n) is 22.7. The van der Waals surface area contributed by atoms with Crippen molar-refractivity contribution < 1.29 is 32.9 Å². The van der Waals surface area contributed by atoms with E-state index in [4.69, 9.17) is 14.2 Å². The summed E-state index contributed by atoms with van der Waals surface area (Å²) in [5.74, 6) is -1.80. The summed E-state index contributed by atoms with van der Waals surface area (Å²) in [4.78, 5) is 18.9. The van der Waals surface area contributed by atoms with Crippen molar-refractivity contribution in [1.82, 2.24) is 9.97 Å². The predicted octanol–water partition coefficient (Wildman–Crippen LogP) is 6.33. The lowest BCUT2D eigenvalue weighted by molar-refractivity contribution is -0.147. The number of aromatic nitrogens is 2. The monoisotopic (exact) mass is 562 g/mol. The van der Waals surface area contributed by atoms with E-state index in [0.717, 1.165) is 16.7 Å². The van der Waals surface area contributed by atoms with Gasteiger partial charge in [0.25, 0.3) is 6.01 Å². The Morgan fingerprint density at radius 2 is 1.59 bits per heavy atom. The Kier molecular flexibility index (Phi) is 7.73. The Morgan fingerprint density at radius 3 is 2.22 bits per heavy atom. The van der Waals surface area contributed by atoms with Gasteiger partial charge < -0.3 is 24.3 Å². The molecule has 1 heterocycles. The lowest BCUT2D eigenvalue weighted by Gasteiger charge is -2.31. The van der Waals surface area contributed by atoms with Gasteiger partial charge >= 0.3 is 5.97 Å². The van der Waals surface area contributed by atoms with Gasteiger partial charge in [-0.2, -0.15) is 4.98 Å². The van der Waals surface area contributed by atoms with Gasteiger partial charge in [-0.25, -0.2) is 8.78 Å². The number of nitrogens with one attached hydrogen (secondary N) is 1. The number of ether oxygens (including phenoxy) is 3. The number of hydrogen-bond acceptors (Lipinski definition) is 6. The van der Waals surface area contributed by atoms with Crippen LogP contribution in [0.2, 0.25) is 0 Å². The van der Waals surface area contributed by atoms with Gasteiger partial charge in [0, 0.05) is 6.07 Å². The number of hydrogen-bond donors (Lipinski definition) is 2. The number of carbonyl (C=O) groups is 1. The van der Waals surface area contributed by atoms with Crippen LogP contribution in [0.3, 0.4) is 0 Å². The fourth-order valence-corrected chi connectivity index (χ4v) is 5.63. The Hall–Kier alpha value is -3.82. The number of rotatable bonds is 8.